The first-order valence-corrected chi connectivity index (χ1v) is 10.7. The maximum absolute atomic E-state index is 13.3. The summed E-state index contributed by atoms with van der Waals surface area (Å²) in [5, 5.41) is 0. The van der Waals surface area contributed by atoms with E-state index in [4.69, 9.17) is 14.5 Å². The quantitative estimate of drug-likeness (QED) is 0.581. The van der Waals surface area contributed by atoms with Gasteiger partial charge in [0.1, 0.15) is 17.5 Å². The third kappa shape index (κ3) is 4.90. The van der Waals surface area contributed by atoms with Crippen molar-refractivity contribution < 1.29 is 19.1 Å². The van der Waals surface area contributed by atoms with Gasteiger partial charge in [0.15, 0.2) is 0 Å². The Morgan fingerprint density at radius 3 is 2.22 bits per heavy atom. The molecule has 32 heavy (non-hydrogen) atoms. The second kappa shape index (κ2) is 9.39. The van der Waals surface area contributed by atoms with Crippen LogP contribution >= 0.6 is 0 Å². The van der Waals surface area contributed by atoms with Crippen LogP contribution < -0.4 is 0 Å². The van der Waals surface area contributed by atoms with Gasteiger partial charge in [0.25, 0.3) is 0 Å². The Hall–Kier alpha value is -3.41. The lowest BCUT2D eigenvalue weighted by Crippen LogP contribution is -2.45. The van der Waals surface area contributed by atoms with Crippen LogP contribution in [0.15, 0.2) is 65.2 Å². The van der Waals surface area contributed by atoms with Crippen molar-refractivity contribution in [3.05, 3.63) is 76.9 Å². The Morgan fingerprint density at radius 1 is 1.00 bits per heavy atom. The van der Waals surface area contributed by atoms with Gasteiger partial charge in [0.05, 0.1) is 17.9 Å². The molecule has 2 aromatic rings. The summed E-state index contributed by atoms with van der Waals surface area (Å²) in [5.74, 6) is -0.0659. The maximum atomic E-state index is 13.3. The van der Waals surface area contributed by atoms with Crippen LogP contribution in [0.25, 0.3) is 5.70 Å². The molecule has 2 aromatic carbocycles. The standard InChI is InChI=1S/C26H30N2O4/c1-7-31-24(29)21-22(20-16-12-11-13-17(20)2)27-18(3)28(25(30)32-26(4,5)6)23(21)19-14-9-8-10-15-19/h8-16,23H,7H2,1-6H3. The number of amides is 1. The van der Waals surface area contributed by atoms with Crippen LogP contribution in [-0.2, 0) is 14.3 Å². The summed E-state index contributed by atoms with van der Waals surface area (Å²) in [6.07, 6.45) is -0.571. The molecule has 1 heterocycles. The second-order valence-electron chi connectivity index (χ2n) is 8.62. The van der Waals surface area contributed by atoms with E-state index in [-0.39, 0.29) is 6.61 Å². The molecule has 1 amide bonds. The predicted octanol–water partition coefficient (Wildman–Crippen LogP) is 5.68. The molecule has 3 rings (SSSR count). The van der Waals surface area contributed by atoms with Gasteiger partial charge in [-0.3, -0.25) is 4.90 Å². The third-order valence-electron chi connectivity index (χ3n) is 5.01. The number of hydrogen-bond acceptors (Lipinski definition) is 5. The van der Waals surface area contributed by atoms with E-state index in [0.717, 1.165) is 16.7 Å². The highest BCUT2D eigenvalue weighted by molar-refractivity contribution is 6.08. The molecule has 1 aliphatic heterocycles. The molecule has 0 N–H and O–H groups in total. The van der Waals surface area contributed by atoms with Crippen LogP contribution in [0, 0.1) is 6.92 Å². The summed E-state index contributed by atoms with van der Waals surface area (Å²) in [6.45, 7) is 11.1. The first-order chi connectivity index (χ1) is 15.1. The van der Waals surface area contributed by atoms with Crippen molar-refractivity contribution >= 4 is 23.6 Å². The van der Waals surface area contributed by atoms with E-state index in [9.17, 15) is 9.59 Å². The van der Waals surface area contributed by atoms with Crippen LogP contribution in [0.4, 0.5) is 4.79 Å². The first-order valence-electron chi connectivity index (χ1n) is 10.7. The molecule has 0 fully saturated rings. The number of esters is 1. The second-order valence-corrected chi connectivity index (χ2v) is 8.62. The summed E-state index contributed by atoms with van der Waals surface area (Å²) in [7, 11) is 0. The number of ether oxygens (including phenoxy) is 2. The summed E-state index contributed by atoms with van der Waals surface area (Å²) in [5.41, 5.74) is 2.67. The van der Waals surface area contributed by atoms with E-state index in [1.807, 2.05) is 61.5 Å². The van der Waals surface area contributed by atoms with Crippen molar-refractivity contribution in [1.82, 2.24) is 4.90 Å². The monoisotopic (exact) mass is 434 g/mol. The van der Waals surface area contributed by atoms with E-state index in [2.05, 4.69) is 0 Å². The van der Waals surface area contributed by atoms with Crippen molar-refractivity contribution in [3.63, 3.8) is 0 Å². The number of rotatable bonds is 4. The summed E-state index contributed by atoms with van der Waals surface area (Å²) in [6, 6.07) is 16.4. The van der Waals surface area contributed by atoms with Crippen molar-refractivity contribution in [2.45, 2.75) is 53.2 Å². The van der Waals surface area contributed by atoms with Crippen molar-refractivity contribution in [3.8, 4) is 0 Å². The highest BCUT2D eigenvalue weighted by atomic mass is 16.6. The number of aliphatic imine (C=N–C) groups is 1. The highest BCUT2D eigenvalue weighted by Gasteiger charge is 2.41. The molecule has 0 aliphatic carbocycles. The zero-order chi connectivity index (χ0) is 23.5. The van der Waals surface area contributed by atoms with Crippen molar-refractivity contribution in [2.75, 3.05) is 6.61 Å². The molecule has 6 heteroatoms. The first kappa shape index (κ1) is 23.3. The molecule has 1 aliphatic rings. The Kier molecular flexibility index (Phi) is 6.82. The Labute approximate surface area is 189 Å². The van der Waals surface area contributed by atoms with E-state index in [0.29, 0.717) is 17.1 Å². The molecule has 0 saturated heterocycles. The molecule has 0 radical (unpaired) electrons. The van der Waals surface area contributed by atoms with Gasteiger partial charge < -0.3 is 9.47 Å². The Balaban J connectivity index is 2.29. The number of nitrogens with zero attached hydrogens (tertiary/aromatic N) is 2. The van der Waals surface area contributed by atoms with Gasteiger partial charge >= 0.3 is 12.1 Å². The van der Waals surface area contributed by atoms with Crippen LogP contribution in [0.2, 0.25) is 0 Å². The van der Waals surface area contributed by atoms with E-state index in [1.54, 1.807) is 34.6 Å². The molecule has 0 aromatic heterocycles. The van der Waals surface area contributed by atoms with Crippen LogP contribution in [0.1, 0.15) is 57.4 Å². The maximum Gasteiger partial charge on any atom is 0.416 e. The summed E-state index contributed by atoms with van der Waals surface area (Å²) < 4.78 is 11.1. The van der Waals surface area contributed by atoms with Gasteiger partial charge in [-0.2, -0.15) is 0 Å². The number of carbonyl (C=O) groups excluding carboxylic acids is 2. The van der Waals surface area contributed by atoms with E-state index < -0.39 is 23.7 Å². The molecule has 1 atom stereocenters. The van der Waals surface area contributed by atoms with Gasteiger partial charge in [-0.15, -0.1) is 0 Å². The highest BCUT2D eigenvalue weighted by Crippen LogP contribution is 2.40. The van der Waals surface area contributed by atoms with Crippen molar-refractivity contribution in [1.29, 1.82) is 0 Å². The van der Waals surface area contributed by atoms with Gasteiger partial charge in [-0.05, 0) is 52.7 Å². The van der Waals surface area contributed by atoms with Crippen LogP contribution in [0.3, 0.4) is 0 Å². The normalized spacial score (nSPS) is 16.5. The lowest BCUT2D eigenvalue weighted by Gasteiger charge is -2.37. The molecule has 6 nitrogen and oxygen atoms in total. The number of carbonyl (C=O) groups is 2. The SMILES string of the molecule is CCOC(=O)C1=C(c2ccccc2C)N=C(C)N(C(=O)OC(C)(C)C)C1c1ccccc1. The summed E-state index contributed by atoms with van der Waals surface area (Å²) in [4.78, 5) is 32.8. The minimum atomic E-state index is -0.739. The smallest absolute Gasteiger partial charge is 0.416 e. The minimum Gasteiger partial charge on any atom is -0.463 e. The zero-order valence-corrected chi connectivity index (χ0v) is 19.5. The fourth-order valence-corrected chi connectivity index (χ4v) is 3.68. The predicted molar refractivity (Wildman–Crippen MR) is 125 cm³/mol. The molecule has 0 saturated carbocycles. The fraction of sp³-hybridized carbons (Fsp3) is 0.346. The molecular formula is C26H30N2O4. The summed E-state index contributed by atoms with van der Waals surface area (Å²) >= 11 is 0. The zero-order valence-electron chi connectivity index (χ0n) is 19.5. The fourth-order valence-electron chi connectivity index (χ4n) is 3.68. The lowest BCUT2D eigenvalue weighted by atomic mass is 9.90. The van der Waals surface area contributed by atoms with Gasteiger partial charge in [0, 0.05) is 5.56 Å². The van der Waals surface area contributed by atoms with Crippen LogP contribution in [-0.4, -0.2) is 35.0 Å². The number of hydrogen-bond donors (Lipinski definition) is 0. The van der Waals surface area contributed by atoms with Gasteiger partial charge in [-0.1, -0.05) is 54.6 Å². The largest absolute Gasteiger partial charge is 0.463 e. The van der Waals surface area contributed by atoms with Crippen molar-refractivity contribution in [2.24, 2.45) is 4.99 Å². The Bertz CT molecular complexity index is 1060. The minimum absolute atomic E-state index is 0.208. The van der Waals surface area contributed by atoms with Gasteiger partial charge in [0.2, 0.25) is 0 Å². The van der Waals surface area contributed by atoms with E-state index >= 15 is 0 Å². The number of aryl methyl sites for hydroxylation is 1. The van der Waals surface area contributed by atoms with E-state index in [1.165, 1.54) is 4.90 Å². The molecule has 0 bridgehead atoms. The molecular weight excluding hydrogens is 404 g/mol. The topological polar surface area (TPSA) is 68.2 Å². The molecule has 168 valence electrons. The molecule has 0 spiro atoms. The van der Waals surface area contributed by atoms with Crippen LogP contribution in [0.5, 0.6) is 0 Å². The number of amidine groups is 1. The Morgan fingerprint density at radius 2 is 1.62 bits per heavy atom. The lowest BCUT2D eigenvalue weighted by molar-refractivity contribution is -0.139. The molecule has 1 unspecified atom stereocenters. The third-order valence-corrected chi connectivity index (χ3v) is 5.01. The average Bonchev–Trinajstić information content (AvgIpc) is 2.72. The number of benzene rings is 2. The average molecular weight is 435 g/mol. The van der Waals surface area contributed by atoms with Gasteiger partial charge in [-0.25, -0.2) is 14.6 Å².